The van der Waals surface area contributed by atoms with E-state index in [9.17, 15) is 19.7 Å². The number of carbonyl (C=O) groups is 2. The zero-order chi connectivity index (χ0) is 25.7. The van der Waals surface area contributed by atoms with E-state index in [1.807, 2.05) is 13.0 Å². The molecule has 0 radical (unpaired) electrons. The Labute approximate surface area is 214 Å². The molecular formula is C26H28N4O5S. The van der Waals surface area contributed by atoms with Crippen LogP contribution in [0.1, 0.15) is 49.0 Å². The van der Waals surface area contributed by atoms with Crippen molar-refractivity contribution in [2.24, 2.45) is 4.99 Å². The number of thioether (sulfide) groups is 1. The molecular weight excluding hydrogens is 480 g/mol. The van der Waals surface area contributed by atoms with Crippen LogP contribution in [0.4, 0.5) is 17.1 Å². The average molecular weight is 509 g/mol. The molecule has 0 aliphatic carbocycles. The first-order chi connectivity index (χ1) is 17.4. The van der Waals surface area contributed by atoms with Gasteiger partial charge in [-0.2, -0.15) is 0 Å². The van der Waals surface area contributed by atoms with Crippen molar-refractivity contribution in [2.45, 2.75) is 33.1 Å². The van der Waals surface area contributed by atoms with Gasteiger partial charge in [-0.1, -0.05) is 12.1 Å². The number of carbonyl (C=O) groups excluding carboxylic acids is 2. The predicted molar refractivity (Wildman–Crippen MR) is 142 cm³/mol. The molecule has 2 fully saturated rings. The first kappa shape index (κ1) is 25.4. The first-order valence-corrected chi connectivity index (χ1v) is 12.8. The highest BCUT2D eigenvalue weighted by atomic mass is 32.2. The van der Waals surface area contributed by atoms with Crippen molar-refractivity contribution >= 4 is 51.9 Å². The largest absolute Gasteiger partial charge is 0.462 e. The number of nitro benzene ring substituents is 1. The molecule has 0 N–H and O–H groups in total. The Morgan fingerprint density at radius 2 is 1.94 bits per heavy atom. The maximum atomic E-state index is 13.1. The van der Waals surface area contributed by atoms with Crippen LogP contribution < -0.4 is 4.90 Å². The molecule has 10 heteroatoms. The number of piperidine rings is 1. The molecule has 188 valence electrons. The van der Waals surface area contributed by atoms with E-state index in [0.29, 0.717) is 39.1 Å². The van der Waals surface area contributed by atoms with E-state index in [4.69, 9.17) is 4.74 Å². The molecule has 2 aliphatic rings. The van der Waals surface area contributed by atoms with E-state index >= 15 is 0 Å². The SMILES string of the molecule is CCOC(=O)c1cccc(N=C2SC(=Cc3ccc(N4CCCCC4)c([N+](=O)[O-])c3)C(=O)N2CC)c1. The van der Waals surface area contributed by atoms with Crippen LogP contribution in [0.3, 0.4) is 0 Å². The molecule has 36 heavy (non-hydrogen) atoms. The van der Waals surface area contributed by atoms with Crippen molar-refractivity contribution in [1.29, 1.82) is 0 Å². The van der Waals surface area contributed by atoms with Gasteiger partial charge in [0.1, 0.15) is 5.69 Å². The topological polar surface area (TPSA) is 105 Å². The minimum absolute atomic E-state index is 0.0405. The minimum Gasteiger partial charge on any atom is -0.462 e. The summed E-state index contributed by atoms with van der Waals surface area (Å²) in [4.78, 5) is 45.2. The van der Waals surface area contributed by atoms with Gasteiger partial charge in [-0.15, -0.1) is 0 Å². The number of nitro groups is 1. The average Bonchev–Trinajstić information content (AvgIpc) is 3.18. The molecule has 0 atom stereocenters. The predicted octanol–water partition coefficient (Wildman–Crippen LogP) is 5.39. The van der Waals surface area contributed by atoms with Crippen LogP contribution in [-0.2, 0) is 9.53 Å². The summed E-state index contributed by atoms with van der Waals surface area (Å²) >= 11 is 1.20. The van der Waals surface area contributed by atoms with Gasteiger partial charge in [-0.05, 0) is 80.8 Å². The number of esters is 1. The Balaban J connectivity index is 1.62. The summed E-state index contributed by atoms with van der Waals surface area (Å²) < 4.78 is 5.05. The summed E-state index contributed by atoms with van der Waals surface area (Å²) in [5.41, 5.74) is 2.15. The van der Waals surface area contributed by atoms with Gasteiger partial charge < -0.3 is 9.64 Å². The lowest BCUT2D eigenvalue weighted by molar-refractivity contribution is -0.384. The van der Waals surface area contributed by atoms with Gasteiger partial charge >= 0.3 is 5.97 Å². The molecule has 2 aromatic rings. The molecule has 0 saturated carbocycles. The Hall–Kier alpha value is -3.66. The fourth-order valence-corrected chi connectivity index (χ4v) is 5.29. The zero-order valence-electron chi connectivity index (χ0n) is 20.3. The molecule has 0 bridgehead atoms. The number of likely N-dealkylation sites (N-methyl/N-ethyl adjacent to an activating group) is 1. The summed E-state index contributed by atoms with van der Waals surface area (Å²) in [6, 6.07) is 11.8. The van der Waals surface area contributed by atoms with E-state index in [0.717, 1.165) is 32.4 Å². The second-order valence-corrected chi connectivity index (χ2v) is 9.39. The van der Waals surface area contributed by atoms with Crippen LogP contribution in [0.15, 0.2) is 52.4 Å². The molecule has 1 amide bonds. The van der Waals surface area contributed by atoms with Crippen molar-refractivity contribution < 1.29 is 19.2 Å². The van der Waals surface area contributed by atoms with Crippen molar-refractivity contribution in [2.75, 3.05) is 31.1 Å². The standard InChI is InChI=1S/C26H28N4O5S/c1-3-29-24(31)23(36-26(29)27-20-10-8-9-19(17-20)25(32)35-4-2)16-18-11-12-21(22(15-18)30(33)34)28-13-6-5-7-14-28/h8-12,15-17H,3-7,13-14H2,1-2H3. The summed E-state index contributed by atoms with van der Waals surface area (Å²) in [7, 11) is 0. The highest BCUT2D eigenvalue weighted by molar-refractivity contribution is 8.18. The Bertz CT molecular complexity index is 1240. The molecule has 4 rings (SSSR count). The fraction of sp³-hybridized carbons (Fsp3) is 0.346. The number of hydrogen-bond acceptors (Lipinski definition) is 8. The van der Waals surface area contributed by atoms with Crippen molar-refractivity contribution in [3.05, 3.63) is 68.6 Å². The fourth-order valence-electron chi connectivity index (χ4n) is 4.23. The molecule has 0 aromatic heterocycles. The number of nitrogens with zero attached hydrogens (tertiary/aromatic N) is 4. The summed E-state index contributed by atoms with van der Waals surface area (Å²) in [6.45, 7) is 5.89. The van der Waals surface area contributed by atoms with Crippen molar-refractivity contribution in [1.82, 2.24) is 4.90 Å². The molecule has 9 nitrogen and oxygen atoms in total. The number of hydrogen-bond donors (Lipinski definition) is 0. The lowest BCUT2D eigenvalue weighted by atomic mass is 10.1. The number of amides is 1. The summed E-state index contributed by atoms with van der Waals surface area (Å²) in [5, 5.41) is 12.3. The smallest absolute Gasteiger partial charge is 0.338 e. The minimum atomic E-state index is -0.433. The first-order valence-electron chi connectivity index (χ1n) is 12.0. The van der Waals surface area contributed by atoms with Gasteiger partial charge in [0.2, 0.25) is 0 Å². The molecule has 2 aliphatic heterocycles. The van der Waals surface area contributed by atoms with Gasteiger partial charge in [-0.25, -0.2) is 9.79 Å². The normalized spacial score (nSPS) is 18.2. The number of amidine groups is 1. The Morgan fingerprint density at radius 3 is 2.64 bits per heavy atom. The molecule has 0 spiro atoms. The maximum absolute atomic E-state index is 13.1. The van der Waals surface area contributed by atoms with Crippen LogP contribution in [0.5, 0.6) is 0 Å². The lowest BCUT2D eigenvalue weighted by Crippen LogP contribution is -2.29. The van der Waals surface area contributed by atoms with E-state index < -0.39 is 5.97 Å². The third kappa shape index (κ3) is 5.59. The van der Waals surface area contributed by atoms with Crippen LogP contribution in [0.2, 0.25) is 0 Å². The molecule has 0 unspecified atom stereocenters. The van der Waals surface area contributed by atoms with Crippen LogP contribution >= 0.6 is 11.8 Å². The van der Waals surface area contributed by atoms with E-state index in [2.05, 4.69) is 9.89 Å². The number of rotatable bonds is 7. The van der Waals surface area contributed by atoms with E-state index in [-0.39, 0.29) is 23.1 Å². The van der Waals surface area contributed by atoms with Gasteiger partial charge in [0.25, 0.3) is 11.6 Å². The molecule has 2 saturated heterocycles. The molecule has 2 heterocycles. The number of aliphatic imine (C=N–C) groups is 1. The number of benzene rings is 2. The Kier molecular flexibility index (Phi) is 8.04. The van der Waals surface area contributed by atoms with E-state index in [1.54, 1.807) is 48.2 Å². The van der Waals surface area contributed by atoms with Crippen molar-refractivity contribution in [3.8, 4) is 0 Å². The number of anilines is 1. The van der Waals surface area contributed by atoms with Gasteiger partial charge in [0.05, 0.1) is 27.7 Å². The Morgan fingerprint density at radius 1 is 1.17 bits per heavy atom. The summed E-state index contributed by atoms with van der Waals surface area (Å²) in [5.74, 6) is -0.650. The van der Waals surface area contributed by atoms with Crippen LogP contribution in [0, 0.1) is 10.1 Å². The van der Waals surface area contributed by atoms with Gasteiger partial charge in [0, 0.05) is 25.7 Å². The van der Waals surface area contributed by atoms with Crippen LogP contribution in [-0.4, -0.2) is 53.1 Å². The second-order valence-electron chi connectivity index (χ2n) is 8.38. The van der Waals surface area contributed by atoms with Crippen LogP contribution in [0.25, 0.3) is 6.08 Å². The molecule has 2 aromatic carbocycles. The van der Waals surface area contributed by atoms with E-state index in [1.165, 1.54) is 17.8 Å². The van der Waals surface area contributed by atoms with Crippen molar-refractivity contribution in [3.63, 3.8) is 0 Å². The highest BCUT2D eigenvalue weighted by Crippen LogP contribution is 2.36. The monoisotopic (exact) mass is 508 g/mol. The quantitative estimate of drug-likeness (QED) is 0.214. The highest BCUT2D eigenvalue weighted by Gasteiger charge is 2.32. The zero-order valence-corrected chi connectivity index (χ0v) is 21.1. The maximum Gasteiger partial charge on any atom is 0.338 e. The second kappa shape index (κ2) is 11.4. The third-order valence-corrected chi connectivity index (χ3v) is 6.98. The summed E-state index contributed by atoms with van der Waals surface area (Å²) in [6.07, 6.45) is 4.84. The van der Waals surface area contributed by atoms with Gasteiger partial charge in [-0.3, -0.25) is 19.8 Å². The lowest BCUT2D eigenvalue weighted by Gasteiger charge is -2.28. The third-order valence-electron chi connectivity index (χ3n) is 5.98. The number of ether oxygens (including phenoxy) is 1. The van der Waals surface area contributed by atoms with Gasteiger partial charge in [0.15, 0.2) is 5.17 Å².